The molecule has 0 fully saturated rings. The van der Waals surface area contributed by atoms with Gasteiger partial charge in [-0.2, -0.15) is 5.10 Å². The van der Waals surface area contributed by atoms with Gasteiger partial charge in [0.15, 0.2) is 0 Å². The van der Waals surface area contributed by atoms with Crippen molar-refractivity contribution in [1.82, 2.24) is 14.6 Å². The summed E-state index contributed by atoms with van der Waals surface area (Å²) < 4.78 is 2.12. The molecule has 0 saturated carbocycles. The molecule has 0 bridgehead atoms. The van der Waals surface area contributed by atoms with Crippen molar-refractivity contribution < 1.29 is 0 Å². The number of hydrogen-bond donors (Lipinski definition) is 0. The van der Waals surface area contributed by atoms with Crippen molar-refractivity contribution >= 4 is 16.3 Å². The summed E-state index contributed by atoms with van der Waals surface area (Å²) in [6, 6.07) is 0. The Labute approximate surface area is 112 Å². The van der Waals surface area contributed by atoms with E-state index in [0.29, 0.717) is 11.8 Å². The zero-order valence-corrected chi connectivity index (χ0v) is 12.4. The maximum Gasteiger partial charge on any atom is 0.212 e. The summed E-state index contributed by atoms with van der Waals surface area (Å²) in [4.78, 5) is 5.90. The molecule has 1 aliphatic rings. The summed E-state index contributed by atoms with van der Waals surface area (Å²) in [5.41, 5.74) is 2.66. The Morgan fingerprint density at radius 3 is 2.89 bits per heavy atom. The van der Waals surface area contributed by atoms with E-state index in [1.165, 1.54) is 22.8 Å². The van der Waals surface area contributed by atoms with Crippen LogP contribution in [0.2, 0.25) is 0 Å². The van der Waals surface area contributed by atoms with Crippen molar-refractivity contribution in [1.29, 1.82) is 0 Å². The van der Waals surface area contributed by atoms with Gasteiger partial charge in [-0.3, -0.25) is 0 Å². The van der Waals surface area contributed by atoms with Crippen LogP contribution in [0.1, 0.15) is 56.4 Å². The van der Waals surface area contributed by atoms with Crippen LogP contribution in [0, 0.1) is 11.8 Å². The molecule has 1 aliphatic carbocycles. The standard InChI is InChI=1S/C14H21N3S/c1-8(2)5-12-16-17-13-10(4)6-9(3)7-11(13)15-14(17)18-12/h8-10H,5-7H2,1-4H3. The second kappa shape index (κ2) is 4.34. The summed E-state index contributed by atoms with van der Waals surface area (Å²) in [7, 11) is 0. The fraction of sp³-hybridized carbons (Fsp3) is 0.714. The van der Waals surface area contributed by atoms with Crippen molar-refractivity contribution in [3.05, 3.63) is 16.4 Å². The molecule has 2 unspecified atom stereocenters. The molecule has 2 atom stereocenters. The molecule has 0 aromatic carbocycles. The fourth-order valence-corrected chi connectivity index (χ4v) is 4.18. The van der Waals surface area contributed by atoms with Crippen molar-refractivity contribution in [2.75, 3.05) is 0 Å². The molecule has 2 aromatic rings. The smallest absolute Gasteiger partial charge is 0.212 e. The Hall–Kier alpha value is -0.900. The van der Waals surface area contributed by atoms with Crippen LogP contribution in [-0.2, 0) is 12.8 Å². The molecular weight excluding hydrogens is 242 g/mol. The van der Waals surface area contributed by atoms with Gasteiger partial charge >= 0.3 is 0 Å². The van der Waals surface area contributed by atoms with E-state index in [1.807, 2.05) is 0 Å². The van der Waals surface area contributed by atoms with E-state index in [4.69, 9.17) is 10.1 Å². The molecule has 2 aromatic heterocycles. The average molecular weight is 263 g/mol. The number of rotatable bonds is 2. The lowest BCUT2D eigenvalue weighted by Crippen LogP contribution is -2.16. The topological polar surface area (TPSA) is 30.2 Å². The summed E-state index contributed by atoms with van der Waals surface area (Å²) in [6.07, 6.45) is 3.45. The Morgan fingerprint density at radius 1 is 1.39 bits per heavy atom. The van der Waals surface area contributed by atoms with Crippen LogP contribution in [0.25, 0.3) is 4.96 Å². The van der Waals surface area contributed by atoms with E-state index in [-0.39, 0.29) is 0 Å². The average Bonchev–Trinajstić information content (AvgIpc) is 2.71. The molecule has 0 saturated heterocycles. The van der Waals surface area contributed by atoms with Gasteiger partial charge in [-0.05, 0) is 24.7 Å². The lowest BCUT2D eigenvalue weighted by molar-refractivity contribution is 0.434. The van der Waals surface area contributed by atoms with Crippen molar-refractivity contribution in [2.45, 2.75) is 52.9 Å². The van der Waals surface area contributed by atoms with Crippen molar-refractivity contribution in [2.24, 2.45) is 11.8 Å². The number of hydrogen-bond acceptors (Lipinski definition) is 3. The first-order valence-electron chi connectivity index (χ1n) is 6.91. The molecule has 2 heterocycles. The van der Waals surface area contributed by atoms with Crippen LogP contribution in [0.4, 0.5) is 0 Å². The van der Waals surface area contributed by atoms with Gasteiger partial charge in [0.1, 0.15) is 5.01 Å². The van der Waals surface area contributed by atoms with Gasteiger partial charge in [0.25, 0.3) is 0 Å². The maximum atomic E-state index is 4.80. The minimum Gasteiger partial charge on any atom is -0.222 e. The quantitative estimate of drug-likeness (QED) is 0.827. The Kier molecular flexibility index (Phi) is 2.93. The Morgan fingerprint density at radius 2 is 2.17 bits per heavy atom. The Bertz CT molecular complexity index is 567. The van der Waals surface area contributed by atoms with Gasteiger partial charge in [0, 0.05) is 12.3 Å². The van der Waals surface area contributed by atoms with Crippen LogP contribution in [0.5, 0.6) is 0 Å². The molecule has 0 N–H and O–H groups in total. The Balaban J connectivity index is 2.04. The van der Waals surface area contributed by atoms with Gasteiger partial charge in [-0.15, -0.1) is 0 Å². The van der Waals surface area contributed by atoms with E-state index in [1.54, 1.807) is 11.3 Å². The van der Waals surface area contributed by atoms with Crippen molar-refractivity contribution in [3.63, 3.8) is 0 Å². The summed E-state index contributed by atoms with van der Waals surface area (Å²) >= 11 is 1.76. The minimum absolute atomic E-state index is 0.591. The first kappa shape index (κ1) is 12.2. The van der Waals surface area contributed by atoms with Crippen LogP contribution >= 0.6 is 11.3 Å². The van der Waals surface area contributed by atoms with Crippen LogP contribution in [-0.4, -0.2) is 14.6 Å². The van der Waals surface area contributed by atoms with E-state index >= 15 is 0 Å². The van der Waals surface area contributed by atoms with Crippen LogP contribution < -0.4 is 0 Å². The highest BCUT2D eigenvalue weighted by Gasteiger charge is 2.28. The monoisotopic (exact) mass is 263 g/mol. The van der Waals surface area contributed by atoms with Gasteiger partial charge in [0.2, 0.25) is 4.96 Å². The first-order chi connectivity index (χ1) is 8.54. The summed E-state index contributed by atoms with van der Waals surface area (Å²) in [5, 5.41) is 6.00. The second-order valence-electron chi connectivity index (χ2n) is 6.18. The normalized spacial score (nSPS) is 23.8. The highest BCUT2D eigenvalue weighted by atomic mass is 32.1. The molecule has 0 amide bonds. The molecule has 0 radical (unpaired) electrons. The third kappa shape index (κ3) is 1.96. The maximum absolute atomic E-state index is 4.80. The largest absolute Gasteiger partial charge is 0.222 e. The van der Waals surface area contributed by atoms with Crippen molar-refractivity contribution in [3.8, 4) is 0 Å². The molecule has 98 valence electrons. The highest BCUT2D eigenvalue weighted by Crippen LogP contribution is 2.35. The van der Waals surface area contributed by atoms with E-state index in [2.05, 4.69) is 32.2 Å². The molecule has 3 nitrogen and oxygen atoms in total. The molecule has 18 heavy (non-hydrogen) atoms. The number of nitrogens with zero attached hydrogens (tertiary/aromatic N) is 3. The third-order valence-corrected chi connectivity index (χ3v) is 4.63. The molecule has 4 heteroatoms. The lowest BCUT2D eigenvalue weighted by Gasteiger charge is -2.23. The fourth-order valence-electron chi connectivity index (χ4n) is 3.05. The zero-order valence-electron chi connectivity index (χ0n) is 11.6. The number of aromatic nitrogens is 3. The summed E-state index contributed by atoms with van der Waals surface area (Å²) in [6.45, 7) is 9.11. The SMILES string of the molecule is CC(C)Cc1nn2c3c(nc2s1)CC(C)CC3C. The van der Waals surface area contributed by atoms with Crippen LogP contribution in [0.15, 0.2) is 0 Å². The molecule has 3 rings (SSSR count). The van der Waals surface area contributed by atoms with Crippen LogP contribution in [0.3, 0.4) is 0 Å². The summed E-state index contributed by atoms with van der Waals surface area (Å²) in [5.74, 6) is 2.01. The second-order valence-corrected chi connectivity index (χ2v) is 7.22. The van der Waals surface area contributed by atoms with E-state index in [9.17, 15) is 0 Å². The number of imidazole rings is 1. The third-order valence-electron chi connectivity index (χ3n) is 3.70. The van der Waals surface area contributed by atoms with E-state index < -0.39 is 0 Å². The highest BCUT2D eigenvalue weighted by molar-refractivity contribution is 7.16. The lowest BCUT2D eigenvalue weighted by atomic mass is 9.84. The molecule has 0 aliphatic heterocycles. The minimum atomic E-state index is 0.591. The predicted molar refractivity (Wildman–Crippen MR) is 75.3 cm³/mol. The molecular formula is C14H21N3S. The van der Waals surface area contributed by atoms with Gasteiger partial charge in [0.05, 0.1) is 11.4 Å². The predicted octanol–water partition coefficient (Wildman–Crippen LogP) is 3.68. The van der Waals surface area contributed by atoms with Gasteiger partial charge < -0.3 is 0 Å². The zero-order chi connectivity index (χ0) is 12.9. The molecule has 0 spiro atoms. The van der Waals surface area contributed by atoms with E-state index in [0.717, 1.165) is 23.7 Å². The number of fused-ring (bicyclic) bond motifs is 3. The van der Waals surface area contributed by atoms with Gasteiger partial charge in [-0.1, -0.05) is 39.0 Å². The first-order valence-corrected chi connectivity index (χ1v) is 7.73. The van der Waals surface area contributed by atoms with Gasteiger partial charge in [-0.25, -0.2) is 9.50 Å².